The molecule has 3 fully saturated rings. The summed E-state index contributed by atoms with van der Waals surface area (Å²) < 4.78 is 80.5. The molecule has 0 aromatic heterocycles. The van der Waals surface area contributed by atoms with E-state index in [1.165, 1.54) is 0 Å². The summed E-state index contributed by atoms with van der Waals surface area (Å²) in [4.78, 5) is 38.0. The minimum absolute atomic E-state index is 0.100. The van der Waals surface area contributed by atoms with E-state index in [0.717, 1.165) is 37.1 Å². The van der Waals surface area contributed by atoms with Crippen molar-refractivity contribution in [2.24, 2.45) is 5.92 Å². The average Bonchev–Trinajstić information content (AvgIpc) is 3.61. The van der Waals surface area contributed by atoms with Gasteiger partial charge in [-0.05, 0) is 62.1 Å². The number of nitrogens with one attached hydrogen (secondary N) is 3. The predicted molar refractivity (Wildman–Crippen MR) is 120 cm³/mol. The van der Waals surface area contributed by atoms with Gasteiger partial charge in [0.25, 0.3) is 5.91 Å². The van der Waals surface area contributed by atoms with Crippen LogP contribution in [0.4, 0.5) is 17.6 Å². The van der Waals surface area contributed by atoms with Crippen LogP contribution < -0.4 is 16.0 Å². The highest BCUT2D eigenvalue weighted by Gasteiger charge is 2.55. The van der Waals surface area contributed by atoms with Crippen LogP contribution in [0.2, 0.25) is 0 Å². The minimum atomic E-state index is -4.95. The summed E-state index contributed by atoms with van der Waals surface area (Å²) in [5.74, 6) is -4.98. The number of carbonyl (C=O) groups is 3. The van der Waals surface area contributed by atoms with E-state index in [2.05, 4.69) is 16.0 Å². The predicted octanol–water partition coefficient (Wildman–Crippen LogP) is 1.71. The van der Waals surface area contributed by atoms with Gasteiger partial charge < -0.3 is 10.6 Å². The molecule has 0 saturated heterocycles. The SMILES string of the molecule is O=C(NC1CC1)C(=O)C1(NC(=O)[C@H](CS(=O)(=O)CC2CC2)NC(c2ccc(F)cc2)C(F)(F)F)CC1. The molecule has 36 heavy (non-hydrogen) atoms. The molecule has 1 unspecified atom stereocenters. The van der Waals surface area contributed by atoms with Gasteiger partial charge in [0, 0.05) is 6.04 Å². The molecule has 1 aromatic carbocycles. The monoisotopic (exact) mass is 533 g/mol. The molecule has 0 aliphatic heterocycles. The third-order valence-electron chi connectivity index (χ3n) is 6.49. The van der Waals surface area contributed by atoms with Gasteiger partial charge >= 0.3 is 6.18 Å². The number of ketones is 1. The van der Waals surface area contributed by atoms with Gasteiger partial charge in [0.2, 0.25) is 11.7 Å². The lowest BCUT2D eigenvalue weighted by Crippen LogP contribution is -2.57. The van der Waals surface area contributed by atoms with Crippen molar-refractivity contribution in [3.63, 3.8) is 0 Å². The van der Waals surface area contributed by atoms with Gasteiger partial charge in [0.05, 0.1) is 11.5 Å². The third-order valence-corrected chi connectivity index (χ3v) is 8.31. The Morgan fingerprint density at radius 2 is 1.64 bits per heavy atom. The number of amides is 2. The lowest BCUT2D eigenvalue weighted by atomic mass is 10.0. The maximum Gasteiger partial charge on any atom is 0.407 e. The Kier molecular flexibility index (Phi) is 7.17. The van der Waals surface area contributed by atoms with Crippen molar-refractivity contribution in [1.82, 2.24) is 16.0 Å². The summed E-state index contributed by atoms with van der Waals surface area (Å²) in [6.07, 6.45) is -1.92. The quantitative estimate of drug-likeness (QED) is 0.278. The van der Waals surface area contributed by atoms with E-state index in [0.29, 0.717) is 12.8 Å². The number of halogens is 4. The van der Waals surface area contributed by atoms with Gasteiger partial charge in [-0.1, -0.05) is 12.1 Å². The van der Waals surface area contributed by atoms with Gasteiger partial charge in [-0.15, -0.1) is 0 Å². The molecule has 0 spiro atoms. The minimum Gasteiger partial charge on any atom is -0.347 e. The molecule has 3 saturated carbocycles. The zero-order valence-electron chi connectivity index (χ0n) is 19.2. The lowest BCUT2D eigenvalue weighted by Gasteiger charge is -2.28. The molecule has 13 heteroatoms. The molecule has 8 nitrogen and oxygen atoms in total. The van der Waals surface area contributed by atoms with Gasteiger partial charge in [-0.2, -0.15) is 13.2 Å². The first-order valence-corrected chi connectivity index (χ1v) is 13.6. The van der Waals surface area contributed by atoms with Gasteiger partial charge in [0.1, 0.15) is 23.4 Å². The van der Waals surface area contributed by atoms with E-state index < -0.39 is 68.4 Å². The molecule has 1 aromatic rings. The van der Waals surface area contributed by atoms with E-state index in [9.17, 15) is 40.4 Å². The van der Waals surface area contributed by atoms with Crippen molar-refractivity contribution in [3.05, 3.63) is 35.6 Å². The molecule has 4 rings (SSSR count). The van der Waals surface area contributed by atoms with Crippen LogP contribution in [0.3, 0.4) is 0 Å². The molecule has 2 amide bonds. The van der Waals surface area contributed by atoms with E-state index in [-0.39, 0.29) is 30.6 Å². The standard InChI is InChI=1S/C23H27F4N3O5S/c24-15-5-3-14(4-6-15)18(23(25,26)27)29-17(12-36(34,35)11-13-1-2-13)20(32)30-22(9-10-22)19(31)21(33)28-16-7-8-16/h3-6,13,16-18,29H,1-2,7-12H2,(H,28,33)(H,30,32)/t17-,18?/m0/s1. The fourth-order valence-electron chi connectivity index (χ4n) is 3.95. The molecule has 3 aliphatic carbocycles. The average molecular weight is 534 g/mol. The number of hydrogen-bond donors (Lipinski definition) is 3. The van der Waals surface area contributed by atoms with Crippen LogP contribution in [0.5, 0.6) is 0 Å². The highest BCUT2D eigenvalue weighted by molar-refractivity contribution is 7.91. The van der Waals surface area contributed by atoms with Crippen LogP contribution in [0.25, 0.3) is 0 Å². The third kappa shape index (κ3) is 6.81. The molecular formula is C23H27F4N3O5S. The first-order valence-electron chi connectivity index (χ1n) is 11.7. The van der Waals surface area contributed by atoms with Gasteiger partial charge in [-0.3, -0.25) is 19.7 Å². The molecule has 2 atom stereocenters. The van der Waals surface area contributed by atoms with E-state index in [4.69, 9.17) is 0 Å². The Bertz CT molecular complexity index is 1130. The van der Waals surface area contributed by atoms with Crippen LogP contribution in [0.15, 0.2) is 24.3 Å². The molecular weight excluding hydrogens is 506 g/mol. The summed E-state index contributed by atoms with van der Waals surface area (Å²) in [5, 5.41) is 6.95. The second-order valence-electron chi connectivity index (χ2n) is 9.91. The largest absolute Gasteiger partial charge is 0.407 e. The van der Waals surface area contributed by atoms with Crippen LogP contribution in [0.1, 0.15) is 50.1 Å². The fraction of sp³-hybridized carbons (Fsp3) is 0.609. The zero-order chi connectivity index (χ0) is 26.3. The smallest absolute Gasteiger partial charge is 0.347 e. The van der Waals surface area contributed by atoms with Crippen LogP contribution in [-0.4, -0.2) is 61.3 Å². The van der Waals surface area contributed by atoms with Crippen molar-refractivity contribution >= 4 is 27.4 Å². The number of alkyl halides is 3. The summed E-state index contributed by atoms with van der Waals surface area (Å²) in [7, 11) is -3.94. The normalized spacial score (nSPS) is 20.8. The molecule has 198 valence electrons. The van der Waals surface area contributed by atoms with Crippen LogP contribution in [0, 0.1) is 11.7 Å². The van der Waals surface area contributed by atoms with Crippen molar-refractivity contribution in [2.45, 2.75) is 68.4 Å². The van der Waals surface area contributed by atoms with Gasteiger partial charge in [0.15, 0.2) is 9.84 Å². The Morgan fingerprint density at radius 3 is 2.14 bits per heavy atom. The van der Waals surface area contributed by atoms with E-state index in [1.54, 1.807) is 0 Å². The molecule has 0 bridgehead atoms. The number of benzene rings is 1. The number of carbonyl (C=O) groups excluding carboxylic acids is 3. The van der Waals surface area contributed by atoms with Crippen LogP contribution in [-0.2, 0) is 24.2 Å². The summed E-state index contributed by atoms with van der Waals surface area (Å²) >= 11 is 0. The number of sulfone groups is 1. The highest BCUT2D eigenvalue weighted by atomic mass is 32.2. The van der Waals surface area contributed by atoms with E-state index >= 15 is 0 Å². The van der Waals surface area contributed by atoms with Crippen molar-refractivity contribution in [3.8, 4) is 0 Å². The maximum absolute atomic E-state index is 14.0. The Morgan fingerprint density at radius 1 is 1.03 bits per heavy atom. The van der Waals surface area contributed by atoms with Crippen LogP contribution >= 0.6 is 0 Å². The molecule has 0 heterocycles. The summed E-state index contributed by atoms with van der Waals surface area (Å²) in [5.41, 5.74) is -1.98. The molecule has 0 radical (unpaired) electrons. The Balaban J connectivity index is 1.55. The fourth-order valence-corrected chi connectivity index (χ4v) is 5.90. The number of rotatable bonds is 12. The Hall–Kier alpha value is -2.54. The first-order chi connectivity index (χ1) is 16.8. The van der Waals surface area contributed by atoms with Gasteiger partial charge in [-0.25, -0.2) is 12.8 Å². The zero-order valence-corrected chi connectivity index (χ0v) is 20.1. The molecule has 3 N–H and O–H groups in total. The first kappa shape index (κ1) is 26.5. The summed E-state index contributed by atoms with van der Waals surface area (Å²) in [6, 6.07) is -1.03. The maximum atomic E-state index is 14.0. The van der Waals surface area contributed by atoms with Crippen molar-refractivity contribution in [1.29, 1.82) is 0 Å². The van der Waals surface area contributed by atoms with Crippen molar-refractivity contribution < 1.29 is 40.4 Å². The second-order valence-corrected chi connectivity index (χ2v) is 12.1. The highest BCUT2D eigenvalue weighted by Crippen LogP contribution is 2.38. The molecule has 3 aliphatic rings. The Labute approximate surface area is 205 Å². The number of Topliss-reactive ketones (excluding diaryl/α,β-unsaturated/α-hetero) is 1. The second kappa shape index (κ2) is 9.73. The van der Waals surface area contributed by atoms with Crippen molar-refractivity contribution in [2.75, 3.05) is 11.5 Å². The topological polar surface area (TPSA) is 121 Å². The lowest BCUT2D eigenvalue weighted by molar-refractivity contribution is -0.160. The summed E-state index contributed by atoms with van der Waals surface area (Å²) in [6.45, 7) is 0. The van der Waals surface area contributed by atoms with E-state index in [1.807, 2.05) is 0 Å². The number of hydrogen-bond acceptors (Lipinski definition) is 6.